The quantitative estimate of drug-likeness (QED) is 0.435. The van der Waals surface area contributed by atoms with Crippen LogP contribution in [0.2, 0.25) is 5.02 Å². The maximum absolute atomic E-state index is 6.59. The second-order valence-corrected chi connectivity index (χ2v) is 7.25. The molecule has 0 aliphatic heterocycles. The molecule has 8 nitrogen and oxygen atoms in total. The van der Waals surface area contributed by atoms with Gasteiger partial charge in [-0.2, -0.15) is 5.10 Å². The van der Waals surface area contributed by atoms with Crippen LogP contribution < -0.4 is 10.1 Å². The molecule has 150 valence electrons. The molecule has 2 N–H and O–H groups in total. The maximum atomic E-state index is 6.59. The number of aromatic amines is 1. The Kier molecular flexibility index (Phi) is 4.48. The van der Waals surface area contributed by atoms with E-state index in [2.05, 4.69) is 37.3 Å². The summed E-state index contributed by atoms with van der Waals surface area (Å²) in [5.41, 5.74) is 5.05. The highest BCUT2D eigenvalue weighted by Gasteiger charge is 2.20. The lowest BCUT2D eigenvalue weighted by molar-refractivity contribution is 0.415. The van der Waals surface area contributed by atoms with E-state index in [0.29, 0.717) is 16.5 Å². The van der Waals surface area contributed by atoms with Crippen molar-refractivity contribution in [2.45, 2.75) is 13.0 Å². The first-order valence-corrected chi connectivity index (χ1v) is 9.74. The summed E-state index contributed by atoms with van der Waals surface area (Å²) in [4.78, 5) is 15.8. The van der Waals surface area contributed by atoms with Crippen molar-refractivity contribution >= 4 is 34.1 Å². The number of rotatable bonds is 5. The largest absolute Gasteiger partial charge is 0.497 e. The third kappa shape index (κ3) is 3.02. The number of aromatic nitrogens is 6. The molecule has 4 aromatic heterocycles. The van der Waals surface area contributed by atoms with Crippen LogP contribution in [-0.2, 0) is 0 Å². The van der Waals surface area contributed by atoms with Gasteiger partial charge in [0.25, 0.3) is 0 Å². The van der Waals surface area contributed by atoms with E-state index >= 15 is 0 Å². The molecule has 0 bridgehead atoms. The molecule has 5 rings (SSSR count). The van der Waals surface area contributed by atoms with Crippen LogP contribution in [0.15, 0.2) is 55.2 Å². The molecule has 1 unspecified atom stereocenters. The Morgan fingerprint density at radius 3 is 2.93 bits per heavy atom. The Labute approximate surface area is 176 Å². The number of halogens is 1. The summed E-state index contributed by atoms with van der Waals surface area (Å²) in [6.07, 6.45) is 4.83. The number of ether oxygens (including phenoxy) is 1. The predicted molar refractivity (Wildman–Crippen MR) is 116 cm³/mol. The fraction of sp³-hybridized carbons (Fsp3) is 0.143. The molecule has 0 spiro atoms. The van der Waals surface area contributed by atoms with Crippen molar-refractivity contribution in [3.63, 3.8) is 0 Å². The number of nitrogens with one attached hydrogen (secondary N) is 2. The first kappa shape index (κ1) is 18.4. The number of imidazole rings is 1. The van der Waals surface area contributed by atoms with Gasteiger partial charge in [0.2, 0.25) is 0 Å². The van der Waals surface area contributed by atoms with Gasteiger partial charge in [-0.25, -0.2) is 19.5 Å². The summed E-state index contributed by atoms with van der Waals surface area (Å²) in [7, 11) is 1.65. The van der Waals surface area contributed by atoms with Crippen molar-refractivity contribution in [3.05, 3.63) is 65.8 Å². The van der Waals surface area contributed by atoms with Gasteiger partial charge in [-0.3, -0.25) is 0 Å². The molecule has 5 aromatic rings. The molecule has 30 heavy (non-hydrogen) atoms. The molecule has 0 aliphatic rings. The number of H-pyrrole nitrogens is 1. The second-order valence-electron chi connectivity index (χ2n) is 6.85. The fourth-order valence-electron chi connectivity index (χ4n) is 3.61. The third-order valence-corrected chi connectivity index (χ3v) is 5.34. The predicted octanol–water partition coefficient (Wildman–Crippen LogP) is 4.50. The summed E-state index contributed by atoms with van der Waals surface area (Å²) in [5.74, 6) is 1.43. The molecule has 1 atom stereocenters. The van der Waals surface area contributed by atoms with Gasteiger partial charge in [-0.05, 0) is 31.2 Å². The SMILES string of the molecule is COc1cccc(-c2c(C(C)Nc3ncnc4nc[nH]c34)cc(Cl)c3ccnn23)c1. The average molecular weight is 420 g/mol. The van der Waals surface area contributed by atoms with E-state index in [-0.39, 0.29) is 6.04 Å². The Bertz CT molecular complexity index is 1360. The van der Waals surface area contributed by atoms with Gasteiger partial charge >= 0.3 is 0 Å². The third-order valence-electron chi connectivity index (χ3n) is 5.04. The normalized spacial score (nSPS) is 12.4. The highest BCUT2D eigenvalue weighted by molar-refractivity contribution is 6.34. The molecule has 1 aromatic carbocycles. The van der Waals surface area contributed by atoms with E-state index in [1.165, 1.54) is 6.33 Å². The lowest BCUT2D eigenvalue weighted by Gasteiger charge is -2.21. The average Bonchev–Trinajstić information content (AvgIpc) is 3.44. The highest BCUT2D eigenvalue weighted by atomic mass is 35.5. The van der Waals surface area contributed by atoms with Crippen molar-refractivity contribution < 1.29 is 4.74 Å². The number of pyridine rings is 1. The van der Waals surface area contributed by atoms with Crippen molar-refractivity contribution in [1.29, 1.82) is 0 Å². The second kappa shape index (κ2) is 7.31. The van der Waals surface area contributed by atoms with Gasteiger partial charge in [0.1, 0.15) is 17.6 Å². The fourth-order valence-corrected chi connectivity index (χ4v) is 3.87. The number of benzene rings is 1. The van der Waals surface area contributed by atoms with Gasteiger partial charge in [0, 0.05) is 11.1 Å². The molecule has 0 radical (unpaired) electrons. The van der Waals surface area contributed by atoms with Crippen molar-refractivity contribution in [1.82, 2.24) is 29.5 Å². The summed E-state index contributed by atoms with van der Waals surface area (Å²) in [5, 5.41) is 8.60. The van der Waals surface area contributed by atoms with Crippen molar-refractivity contribution in [3.8, 4) is 17.0 Å². The molecular weight excluding hydrogens is 402 g/mol. The van der Waals surface area contributed by atoms with E-state index in [4.69, 9.17) is 16.3 Å². The Balaban J connectivity index is 1.67. The van der Waals surface area contributed by atoms with E-state index in [0.717, 1.165) is 33.6 Å². The van der Waals surface area contributed by atoms with Crippen LogP contribution in [-0.4, -0.2) is 36.7 Å². The van der Waals surface area contributed by atoms with Crippen LogP contribution in [0.1, 0.15) is 18.5 Å². The molecule has 9 heteroatoms. The zero-order valence-corrected chi connectivity index (χ0v) is 17.1. The molecule has 0 amide bonds. The smallest absolute Gasteiger partial charge is 0.182 e. The molecule has 0 fully saturated rings. The summed E-state index contributed by atoms with van der Waals surface area (Å²) in [6.45, 7) is 2.05. The maximum Gasteiger partial charge on any atom is 0.182 e. The number of fused-ring (bicyclic) bond motifs is 2. The summed E-state index contributed by atoms with van der Waals surface area (Å²) < 4.78 is 7.29. The van der Waals surface area contributed by atoms with Crippen molar-refractivity contribution in [2.24, 2.45) is 0 Å². The molecular formula is C21H18ClN7O. The minimum absolute atomic E-state index is 0.140. The number of hydrogen-bond acceptors (Lipinski definition) is 6. The lowest BCUT2D eigenvalue weighted by Crippen LogP contribution is -2.12. The Hall–Kier alpha value is -3.65. The number of methoxy groups -OCH3 is 1. The van der Waals surface area contributed by atoms with Gasteiger partial charge < -0.3 is 15.0 Å². The van der Waals surface area contributed by atoms with Crippen molar-refractivity contribution in [2.75, 3.05) is 12.4 Å². The van der Waals surface area contributed by atoms with Gasteiger partial charge in [-0.1, -0.05) is 23.7 Å². The molecule has 0 saturated carbocycles. The first-order chi connectivity index (χ1) is 14.7. The van der Waals surface area contributed by atoms with Crippen LogP contribution in [0.25, 0.3) is 27.9 Å². The summed E-state index contributed by atoms with van der Waals surface area (Å²) >= 11 is 6.59. The number of anilines is 1. The van der Waals surface area contributed by atoms with E-state index in [9.17, 15) is 0 Å². The number of hydrogen-bond donors (Lipinski definition) is 2. The number of nitrogens with zero attached hydrogens (tertiary/aromatic N) is 5. The van der Waals surface area contributed by atoms with E-state index in [1.54, 1.807) is 19.6 Å². The highest BCUT2D eigenvalue weighted by Crippen LogP contribution is 2.35. The van der Waals surface area contributed by atoms with E-state index in [1.807, 2.05) is 40.9 Å². The monoisotopic (exact) mass is 419 g/mol. The van der Waals surface area contributed by atoms with Gasteiger partial charge in [-0.15, -0.1) is 0 Å². The van der Waals surface area contributed by atoms with Gasteiger partial charge in [0.05, 0.1) is 41.9 Å². The summed E-state index contributed by atoms with van der Waals surface area (Å²) in [6, 6.07) is 11.6. The van der Waals surface area contributed by atoms with Crippen LogP contribution >= 0.6 is 11.6 Å². The van der Waals surface area contributed by atoms with Crippen LogP contribution in [0, 0.1) is 0 Å². The molecule has 0 saturated heterocycles. The van der Waals surface area contributed by atoms with Crippen LogP contribution in [0.5, 0.6) is 5.75 Å². The van der Waals surface area contributed by atoms with E-state index < -0.39 is 0 Å². The topological polar surface area (TPSA) is 93.0 Å². The zero-order chi connectivity index (χ0) is 20.7. The molecule has 4 heterocycles. The van der Waals surface area contributed by atoms with Crippen LogP contribution in [0.3, 0.4) is 0 Å². The Morgan fingerprint density at radius 2 is 2.07 bits per heavy atom. The standard InChI is InChI=1S/C21H18ClN7O/c1-12(28-21-18-20(24-10-23-18)25-11-26-21)15-9-16(22)17-6-7-27-29(17)19(15)13-4-3-5-14(8-13)30-2/h3-12H,1-2H3,(H2,23,24,25,26,28). The minimum Gasteiger partial charge on any atom is -0.497 e. The minimum atomic E-state index is -0.140. The lowest BCUT2D eigenvalue weighted by atomic mass is 10.00. The molecule has 0 aliphatic carbocycles. The van der Waals surface area contributed by atoms with Gasteiger partial charge in [0.15, 0.2) is 11.5 Å². The Morgan fingerprint density at radius 1 is 1.17 bits per heavy atom. The van der Waals surface area contributed by atoms with Crippen LogP contribution in [0.4, 0.5) is 5.82 Å². The zero-order valence-electron chi connectivity index (χ0n) is 16.3. The first-order valence-electron chi connectivity index (χ1n) is 9.37.